The second-order valence-corrected chi connectivity index (χ2v) is 21.6. The highest BCUT2D eigenvalue weighted by Gasteiger charge is 2.69. The highest BCUT2D eigenvalue weighted by atomic mass is 16.8. The Balaban J connectivity index is 0.869. The lowest BCUT2D eigenvalue weighted by atomic mass is 9.44. The number of ether oxygens (including phenoxy) is 8. The minimum absolute atomic E-state index is 0.107. The Labute approximate surface area is 369 Å². The minimum atomic E-state index is -1.84. The van der Waals surface area contributed by atoms with Gasteiger partial charge in [-0.15, -0.1) is 0 Å². The van der Waals surface area contributed by atoms with Gasteiger partial charge in [-0.1, -0.05) is 27.7 Å². The van der Waals surface area contributed by atoms with Gasteiger partial charge in [-0.2, -0.15) is 0 Å². The molecule has 4 unspecified atom stereocenters. The van der Waals surface area contributed by atoms with Crippen LogP contribution in [0.2, 0.25) is 0 Å². The molecule has 63 heavy (non-hydrogen) atoms. The first-order chi connectivity index (χ1) is 29.9. The van der Waals surface area contributed by atoms with Crippen molar-refractivity contribution in [3.05, 3.63) is 0 Å². The zero-order valence-electron chi connectivity index (χ0n) is 37.0. The van der Waals surface area contributed by atoms with Gasteiger partial charge in [0.05, 0.1) is 38.6 Å². The largest absolute Gasteiger partial charge is 0.394 e. The monoisotopic (exact) mass is 902 g/mol. The van der Waals surface area contributed by atoms with E-state index in [2.05, 4.69) is 27.7 Å². The average molecular weight is 903 g/mol. The maximum Gasteiger partial charge on any atom is 0.187 e. The summed E-state index contributed by atoms with van der Waals surface area (Å²) in [5.74, 6) is 3.17. The molecule has 0 bridgehead atoms. The van der Waals surface area contributed by atoms with Gasteiger partial charge in [0.25, 0.3) is 0 Å². The zero-order valence-corrected chi connectivity index (χ0v) is 37.0. The van der Waals surface area contributed by atoms with Gasteiger partial charge in [0, 0.05) is 12.3 Å². The highest BCUT2D eigenvalue weighted by Crippen LogP contribution is 2.71. The van der Waals surface area contributed by atoms with Gasteiger partial charge in [0.2, 0.25) is 0 Å². The fraction of sp³-hybridized carbons (Fsp3) is 1.00. The zero-order chi connectivity index (χ0) is 44.9. The van der Waals surface area contributed by atoms with Crippen LogP contribution in [-0.4, -0.2) is 188 Å². The van der Waals surface area contributed by atoms with Crippen molar-refractivity contribution in [2.75, 3.05) is 26.4 Å². The highest BCUT2D eigenvalue weighted by molar-refractivity contribution is 5.15. The summed E-state index contributed by atoms with van der Waals surface area (Å²) in [6, 6.07) is 0. The Morgan fingerprint density at radius 3 is 1.87 bits per heavy atom. The first kappa shape index (κ1) is 47.4. The van der Waals surface area contributed by atoms with Crippen LogP contribution in [0, 0.1) is 52.3 Å². The van der Waals surface area contributed by atoms with Gasteiger partial charge in [0.15, 0.2) is 24.7 Å². The van der Waals surface area contributed by atoms with Crippen molar-refractivity contribution >= 4 is 0 Å². The number of rotatable bonds is 9. The molecule has 0 aromatic rings. The molecule has 362 valence electrons. The van der Waals surface area contributed by atoms with Crippen LogP contribution in [0.4, 0.5) is 0 Å². The van der Waals surface area contributed by atoms with Crippen molar-refractivity contribution < 1.29 is 89.0 Å². The molecule has 18 nitrogen and oxygen atoms in total. The molecule has 0 aromatic carbocycles. The van der Waals surface area contributed by atoms with Crippen molar-refractivity contribution in [2.45, 2.75) is 202 Å². The van der Waals surface area contributed by atoms with Crippen LogP contribution >= 0.6 is 0 Å². The maximum atomic E-state index is 11.6. The molecule has 1 spiro atoms. The van der Waals surface area contributed by atoms with Crippen molar-refractivity contribution in [1.29, 1.82) is 0 Å². The number of aliphatic hydroxyl groups excluding tert-OH is 10. The molecule has 5 aliphatic heterocycles. The number of aliphatic hydroxyl groups is 10. The molecule has 0 aromatic heterocycles. The summed E-state index contributed by atoms with van der Waals surface area (Å²) >= 11 is 0. The molecule has 5 heterocycles. The maximum absolute atomic E-state index is 11.6. The Hall–Kier alpha value is -0.720. The fourth-order valence-electron chi connectivity index (χ4n) is 14.6. The summed E-state index contributed by atoms with van der Waals surface area (Å²) in [5.41, 5.74) is 0.323. The lowest BCUT2D eigenvalue weighted by Gasteiger charge is -2.61. The van der Waals surface area contributed by atoms with Gasteiger partial charge in [0.1, 0.15) is 73.2 Å². The standard InChI is InChI=1S/C45H74O18/c1-19-7-12-45(57-17-19)20(2)30-26(63-45)14-25-23-6-5-21-13-22(8-10-43(21,3)24(23)9-11-44(25,30)4)58-41-38(55)35(52)39(62-42-37(54)34(51)32(49)28(16-47)60-42)29(61-41)18-56-40-36(53)33(50)31(48)27(15-46)59-40/h19-42,46-55H,5-18H2,1-4H3/t19-,20-,21+,22-,23?,24?,25?,26-,27+,28+,29+,30?,31+,32+,33-,34-,35+,36+,37+,38+,39+,40+,41-,42-,43-,44-,45+/m0/s1. The van der Waals surface area contributed by atoms with Crippen molar-refractivity contribution in [3.8, 4) is 0 Å². The summed E-state index contributed by atoms with van der Waals surface area (Å²) in [6.07, 6.45) is -13.9. The number of hydrogen-bond donors (Lipinski definition) is 10. The fourth-order valence-corrected chi connectivity index (χ4v) is 14.6. The van der Waals surface area contributed by atoms with Gasteiger partial charge in [-0.3, -0.25) is 0 Å². The van der Waals surface area contributed by atoms with Crippen LogP contribution in [0.3, 0.4) is 0 Å². The molecule has 10 N–H and O–H groups in total. The smallest absolute Gasteiger partial charge is 0.187 e. The Bertz CT molecular complexity index is 1570. The Morgan fingerprint density at radius 1 is 0.587 bits per heavy atom. The van der Waals surface area contributed by atoms with Crippen LogP contribution in [0.1, 0.15) is 91.9 Å². The van der Waals surface area contributed by atoms with Gasteiger partial charge >= 0.3 is 0 Å². The quantitative estimate of drug-likeness (QED) is 0.128. The molecule has 0 radical (unpaired) electrons. The van der Waals surface area contributed by atoms with Crippen molar-refractivity contribution in [2.24, 2.45) is 52.3 Å². The van der Waals surface area contributed by atoms with E-state index in [0.29, 0.717) is 47.8 Å². The van der Waals surface area contributed by atoms with E-state index in [-0.39, 0.29) is 23.0 Å². The normalized spacial score (nSPS) is 58.2. The molecule has 5 saturated heterocycles. The number of fused-ring (bicyclic) bond motifs is 7. The molecule has 9 fully saturated rings. The van der Waals surface area contributed by atoms with E-state index in [4.69, 9.17) is 37.9 Å². The van der Waals surface area contributed by atoms with Crippen LogP contribution in [0.25, 0.3) is 0 Å². The minimum Gasteiger partial charge on any atom is -0.394 e. The van der Waals surface area contributed by atoms with Gasteiger partial charge in [-0.25, -0.2) is 0 Å². The third-order valence-corrected chi connectivity index (χ3v) is 18.3. The number of hydrogen-bond acceptors (Lipinski definition) is 18. The van der Waals surface area contributed by atoms with Crippen molar-refractivity contribution in [3.63, 3.8) is 0 Å². The van der Waals surface area contributed by atoms with E-state index < -0.39 is 118 Å². The van der Waals surface area contributed by atoms with Crippen LogP contribution < -0.4 is 0 Å². The Morgan fingerprint density at radius 2 is 1.21 bits per heavy atom. The summed E-state index contributed by atoms with van der Waals surface area (Å²) in [7, 11) is 0. The predicted molar refractivity (Wildman–Crippen MR) is 216 cm³/mol. The van der Waals surface area contributed by atoms with Crippen LogP contribution in [-0.2, 0) is 37.9 Å². The van der Waals surface area contributed by atoms with Crippen LogP contribution in [0.15, 0.2) is 0 Å². The van der Waals surface area contributed by atoms with E-state index in [9.17, 15) is 51.1 Å². The third-order valence-electron chi connectivity index (χ3n) is 18.3. The third kappa shape index (κ3) is 7.98. The lowest BCUT2D eigenvalue weighted by molar-refractivity contribution is -0.371. The molecular formula is C45H74O18. The second-order valence-electron chi connectivity index (χ2n) is 21.6. The second kappa shape index (κ2) is 18.0. The van der Waals surface area contributed by atoms with Crippen molar-refractivity contribution in [1.82, 2.24) is 0 Å². The molecule has 9 aliphatic rings. The van der Waals surface area contributed by atoms with Gasteiger partial charge < -0.3 is 89.0 Å². The molecule has 4 aliphatic carbocycles. The first-order valence-electron chi connectivity index (χ1n) is 23.8. The van der Waals surface area contributed by atoms with E-state index in [1.165, 1.54) is 12.8 Å². The van der Waals surface area contributed by atoms with E-state index in [1.807, 2.05) is 0 Å². The SMILES string of the molecule is C[C@H]1CC[C@@]2(OC1)O[C@H]1CC3C4CC[C@@H]5C[C@@H](O[C@H]6O[C@H](CO[C@@H]7O[C@H](CO)[C@@H](O)[C@H](O)[C@H]7O)[C@@H](O[C@@H]7O[C@H](CO)[C@@H](O)[C@H](O)[C@H]7O)[C@H](O)[C@H]6O)CC[C@]5(C)C4CC[C@]3(C)C1[C@@H]2C. The summed E-state index contributed by atoms with van der Waals surface area (Å²) in [4.78, 5) is 0. The Kier molecular flexibility index (Phi) is 13.5. The average Bonchev–Trinajstić information content (AvgIpc) is 3.72. The van der Waals surface area contributed by atoms with E-state index in [0.717, 1.165) is 51.6 Å². The predicted octanol–water partition coefficient (Wildman–Crippen LogP) is -0.734. The molecule has 9 rings (SSSR count). The van der Waals surface area contributed by atoms with E-state index >= 15 is 0 Å². The molecular weight excluding hydrogens is 828 g/mol. The lowest BCUT2D eigenvalue weighted by Crippen LogP contribution is -2.65. The topological polar surface area (TPSA) is 276 Å². The summed E-state index contributed by atoms with van der Waals surface area (Å²) in [5, 5.41) is 105. The molecule has 0 amide bonds. The summed E-state index contributed by atoms with van der Waals surface area (Å²) in [6.45, 7) is 8.48. The van der Waals surface area contributed by atoms with E-state index in [1.54, 1.807) is 0 Å². The summed E-state index contributed by atoms with van der Waals surface area (Å²) < 4.78 is 49.2. The van der Waals surface area contributed by atoms with Crippen LogP contribution in [0.5, 0.6) is 0 Å². The first-order valence-corrected chi connectivity index (χ1v) is 23.8. The molecule has 18 heteroatoms. The molecule has 4 saturated carbocycles. The molecule has 27 atom stereocenters. The van der Waals surface area contributed by atoms with Gasteiger partial charge in [-0.05, 0) is 104 Å².